The number of allylic oxidation sites excluding steroid dienone is 4. The highest BCUT2D eigenvalue weighted by molar-refractivity contribution is 9.10. The van der Waals surface area contributed by atoms with Crippen LogP contribution in [0.2, 0.25) is 0 Å². The van der Waals surface area contributed by atoms with Gasteiger partial charge in [-0.2, -0.15) is 0 Å². The molecule has 3 aromatic carbocycles. The minimum Gasteiger partial charge on any atom is -0.488 e. The second-order valence-corrected chi connectivity index (χ2v) is 14.9. The lowest BCUT2D eigenvalue weighted by atomic mass is 9.63. The molecule has 1 aliphatic heterocycles. The number of hydrogen-bond donors (Lipinski definition) is 0. The molecule has 0 N–H and O–H groups in total. The first kappa shape index (κ1) is 29.6. The molecule has 5 heteroatoms. The van der Waals surface area contributed by atoms with Gasteiger partial charge in [-0.1, -0.05) is 93.9 Å². The van der Waals surface area contributed by atoms with Crippen molar-refractivity contribution in [1.82, 2.24) is 4.90 Å². The highest BCUT2D eigenvalue weighted by atomic mass is 79.9. The van der Waals surface area contributed by atoms with E-state index in [1.165, 1.54) is 11.1 Å². The molecule has 0 saturated heterocycles. The molecular formula is C38H40BrNO3. The lowest BCUT2D eigenvalue weighted by Gasteiger charge is -2.49. The largest absolute Gasteiger partial charge is 0.488 e. The SMILES string of the molecule is Cc1ccc(COc2ccc(C3C4=C(CC(C)(C)CC4=O)N(Cc4ccccc4)C4=C3C(=O)CC(C)(C)C4)cc2Br)cc1. The number of Topliss-reactive ketones (excluding diaryl/α,β-unsaturated/α-hetero) is 2. The molecule has 6 rings (SSSR count). The molecular weight excluding hydrogens is 598 g/mol. The van der Waals surface area contributed by atoms with E-state index in [0.717, 1.165) is 56.7 Å². The highest BCUT2D eigenvalue weighted by Crippen LogP contribution is 2.55. The summed E-state index contributed by atoms with van der Waals surface area (Å²) in [7, 11) is 0. The van der Waals surface area contributed by atoms with Crippen LogP contribution in [0, 0.1) is 17.8 Å². The molecule has 3 aliphatic rings. The van der Waals surface area contributed by atoms with Crippen LogP contribution in [0.5, 0.6) is 5.75 Å². The van der Waals surface area contributed by atoms with Gasteiger partial charge < -0.3 is 9.64 Å². The summed E-state index contributed by atoms with van der Waals surface area (Å²) >= 11 is 3.76. The summed E-state index contributed by atoms with van der Waals surface area (Å²) in [4.78, 5) is 30.6. The Morgan fingerprint density at radius 1 is 0.767 bits per heavy atom. The van der Waals surface area contributed by atoms with Crippen molar-refractivity contribution in [3.63, 3.8) is 0 Å². The van der Waals surface area contributed by atoms with Crippen molar-refractivity contribution in [2.24, 2.45) is 10.8 Å². The van der Waals surface area contributed by atoms with E-state index >= 15 is 0 Å². The molecule has 0 spiro atoms. The van der Waals surface area contributed by atoms with Crippen LogP contribution in [0.15, 0.2) is 99.8 Å². The van der Waals surface area contributed by atoms with E-state index in [2.05, 4.69) is 110 Å². The third kappa shape index (κ3) is 6.02. The fraction of sp³-hybridized carbons (Fsp3) is 0.368. The van der Waals surface area contributed by atoms with Crippen molar-refractivity contribution in [3.8, 4) is 5.75 Å². The maximum atomic E-state index is 14.1. The molecule has 0 saturated carbocycles. The van der Waals surface area contributed by atoms with Gasteiger partial charge in [0.1, 0.15) is 12.4 Å². The van der Waals surface area contributed by atoms with E-state index in [0.29, 0.717) is 26.0 Å². The number of rotatable bonds is 6. The van der Waals surface area contributed by atoms with E-state index in [1.807, 2.05) is 18.2 Å². The number of ether oxygens (including phenoxy) is 1. The number of halogens is 1. The number of nitrogens with zero attached hydrogens (tertiary/aromatic N) is 1. The molecule has 222 valence electrons. The van der Waals surface area contributed by atoms with E-state index in [9.17, 15) is 9.59 Å². The summed E-state index contributed by atoms with van der Waals surface area (Å²) in [5, 5.41) is 0. The number of carbonyl (C=O) groups excluding carboxylic acids is 2. The van der Waals surface area contributed by atoms with Crippen molar-refractivity contribution >= 4 is 27.5 Å². The zero-order valence-electron chi connectivity index (χ0n) is 25.8. The van der Waals surface area contributed by atoms with Crippen molar-refractivity contribution in [1.29, 1.82) is 0 Å². The van der Waals surface area contributed by atoms with Gasteiger partial charge in [-0.05, 0) is 75.3 Å². The lowest BCUT2D eigenvalue weighted by Crippen LogP contribution is -2.44. The first-order chi connectivity index (χ1) is 20.4. The predicted molar refractivity (Wildman–Crippen MR) is 174 cm³/mol. The summed E-state index contributed by atoms with van der Waals surface area (Å²) in [5.41, 5.74) is 7.87. The molecule has 43 heavy (non-hydrogen) atoms. The Bertz CT molecular complexity index is 1590. The second-order valence-electron chi connectivity index (χ2n) is 14.1. The fourth-order valence-corrected chi connectivity index (χ4v) is 7.51. The Labute approximate surface area is 264 Å². The van der Waals surface area contributed by atoms with Crippen LogP contribution in [0.3, 0.4) is 0 Å². The minimum absolute atomic E-state index is 0.148. The second kappa shape index (κ2) is 11.2. The standard InChI is InChI=1S/C38H40BrNO3/c1-24-11-13-26(14-12-24)23-43-33-16-15-27(17-28(33)39)34-35-29(18-37(2,3)20-31(35)41)40(22-25-9-7-6-8-10-25)30-19-38(4,5)21-32(42)36(30)34/h6-17,34H,18-23H2,1-5H3. The van der Waals surface area contributed by atoms with Crippen molar-refractivity contribution in [3.05, 3.63) is 122 Å². The van der Waals surface area contributed by atoms with Gasteiger partial charge in [-0.15, -0.1) is 0 Å². The van der Waals surface area contributed by atoms with Gasteiger partial charge in [0.25, 0.3) is 0 Å². The Hall–Kier alpha value is -3.44. The number of benzene rings is 3. The lowest BCUT2D eigenvalue weighted by molar-refractivity contribution is -0.119. The summed E-state index contributed by atoms with van der Waals surface area (Å²) in [6, 6.07) is 24.8. The molecule has 2 aliphatic carbocycles. The Balaban J connectivity index is 1.45. The van der Waals surface area contributed by atoms with Crippen molar-refractivity contribution in [2.75, 3.05) is 0 Å². The average molecular weight is 639 g/mol. The van der Waals surface area contributed by atoms with E-state index in [4.69, 9.17) is 4.74 Å². The summed E-state index contributed by atoms with van der Waals surface area (Å²) in [5.74, 6) is 0.650. The molecule has 0 atom stereocenters. The monoisotopic (exact) mass is 637 g/mol. The topological polar surface area (TPSA) is 46.6 Å². The minimum atomic E-state index is -0.383. The fourth-order valence-electron chi connectivity index (χ4n) is 7.00. The van der Waals surface area contributed by atoms with Crippen LogP contribution in [0.25, 0.3) is 0 Å². The quantitative estimate of drug-likeness (QED) is 0.270. The van der Waals surface area contributed by atoms with Crippen LogP contribution in [-0.4, -0.2) is 16.5 Å². The van der Waals surface area contributed by atoms with Gasteiger partial charge >= 0.3 is 0 Å². The van der Waals surface area contributed by atoms with Crippen LogP contribution < -0.4 is 4.74 Å². The smallest absolute Gasteiger partial charge is 0.162 e. The van der Waals surface area contributed by atoms with Crippen LogP contribution >= 0.6 is 15.9 Å². The molecule has 0 unspecified atom stereocenters. The van der Waals surface area contributed by atoms with Crippen LogP contribution in [-0.2, 0) is 22.7 Å². The van der Waals surface area contributed by atoms with Gasteiger partial charge in [0.15, 0.2) is 11.6 Å². The predicted octanol–water partition coefficient (Wildman–Crippen LogP) is 9.22. The first-order valence-electron chi connectivity index (χ1n) is 15.2. The first-order valence-corrected chi connectivity index (χ1v) is 16.0. The van der Waals surface area contributed by atoms with Gasteiger partial charge in [0.2, 0.25) is 0 Å². The number of aryl methyl sites for hydroxylation is 1. The third-order valence-corrected chi connectivity index (χ3v) is 9.63. The number of carbonyl (C=O) groups is 2. The zero-order valence-corrected chi connectivity index (χ0v) is 27.4. The molecule has 0 radical (unpaired) electrons. The maximum absolute atomic E-state index is 14.1. The average Bonchev–Trinajstić information content (AvgIpc) is 2.93. The molecule has 0 fully saturated rings. The molecule has 0 amide bonds. The molecule has 4 nitrogen and oxygen atoms in total. The van der Waals surface area contributed by atoms with Gasteiger partial charge in [-0.25, -0.2) is 0 Å². The normalized spacial score (nSPS) is 19.8. The highest BCUT2D eigenvalue weighted by Gasteiger charge is 2.49. The Kier molecular flexibility index (Phi) is 7.75. The van der Waals surface area contributed by atoms with Crippen molar-refractivity contribution < 1.29 is 14.3 Å². The van der Waals surface area contributed by atoms with Gasteiger partial charge in [0.05, 0.1) is 4.47 Å². The Morgan fingerprint density at radius 2 is 1.35 bits per heavy atom. The summed E-state index contributed by atoms with van der Waals surface area (Å²) in [6.45, 7) is 11.9. The van der Waals surface area contributed by atoms with Gasteiger partial charge in [-0.3, -0.25) is 9.59 Å². The van der Waals surface area contributed by atoms with E-state index in [1.54, 1.807) is 0 Å². The van der Waals surface area contributed by atoms with Gasteiger partial charge in [0, 0.05) is 47.8 Å². The Morgan fingerprint density at radius 3 is 1.91 bits per heavy atom. The van der Waals surface area contributed by atoms with Crippen LogP contribution in [0.1, 0.15) is 81.5 Å². The zero-order chi connectivity index (χ0) is 30.5. The van der Waals surface area contributed by atoms with Crippen LogP contribution in [0.4, 0.5) is 0 Å². The number of hydrogen-bond acceptors (Lipinski definition) is 4. The van der Waals surface area contributed by atoms with E-state index in [-0.39, 0.29) is 28.3 Å². The maximum Gasteiger partial charge on any atom is 0.162 e. The molecule has 0 aromatic heterocycles. The third-order valence-electron chi connectivity index (χ3n) is 9.01. The summed E-state index contributed by atoms with van der Waals surface area (Å²) in [6.07, 6.45) is 2.54. The molecule has 0 bridgehead atoms. The van der Waals surface area contributed by atoms with Crippen molar-refractivity contribution in [2.45, 2.75) is 79.4 Å². The number of ketones is 2. The molecule has 3 aromatic rings. The summed E-state index contributed by atoms with van der Waals surface area (Å²) < 4.78 is 7.01. The molecule has 1 heterocycles. The van der Waals surface area contributed by atoms with E-state index < -0.39 is 0 Å².